The molecule has 0 fully saturated rings. The van der Waals surface area contributed by atoms with Gasteiger partial charge in [-0.2, -0.15) is 5.26 Å². The number of unbranched alkanes of at least 4 members (excludes halogenated alkanes) is 1. The Kier molecular flexibility index (Phi) is 5.85. The van der Waals surface area contributed by atoms with E-state index in [1.807, 2.05) is 14.0 Å². The van der Waals surface area contributed by atoms with E-state index < -0.39 is 0 Å². The van der Waals surface area contributed by atoms with Gasteiger partial charge in [-0.25, -0.2) is 0 Å². The summed E-state index contributed by atoms with van der Waals surface area (Å²) in [6.45, 7) is 5.09. The molecule has 0 spiro atoms. The number of hydrogen-bond donors (Lipinski definition) is 1. The summed E-state index contributed by atoms with van der Waals surface area (Å²) in [5, 5.41) is 12.2. The number of anilines is 1. The quantitative estimate of drug-likeness (QED) is 0.765. The second kappa shape index (κ2) is 7.16. The predicted molar refractivity (Wildman–Crippen MR) is 81.4 cm³/mol. The van der Waals surface area contributed by atoms with Gasteiger partial charge in [0.2, 0.25) is 0 Å². The van der Waals surface area contributed by atoms with E-state index in [2.05, 4.69) is 54.5 Å². The summed E-state index contributed by atoms with van der Waals surface area (Å²) in [5.74, 6) is 0. The Hall–Kier alpha value is -1.53. The Morgan fingerprint density at radius 1 is 1.37 bits per heavy atom. The lowest BCUT2D eigenvalue weighted by molar-refractivity contribution is 0.434. The number of hydrogen-bond acceptors (Lipinski definition) is 3. The van der Waals surface area contributed by atoms with Crippen LogP contribution in [0.15, 0.2) is 24.3 Å². The van der Waals surface area contributed by atoms with E-state index >= 15 is 0 Å². The number of benzene rings is 1. The standard InChI is InChI=1S/C16H25N3/c1-14-8-7-9-15(12-14)19(4)11-6-5-10-16(2,13-17)18-3/h7-9,12,18H,5-6,10-11H2,1-4H3. The van der Waals surface area contributed by atoms with Crippen LogP contribution in [0.2, 0.25) is 0 Å². The van der Waals surface area contributed by atoms with Gasteiger partial charge in [-0.15, -0.1) is 0 Å². The molecule has 1 aromatic carbocycles. The fourth-order valence-electron chi connectivity index (χ4n) is 2.06. The minimum Gasteiger partial charge on any atom is -0.375 e. The normalized spacial score (nSPS) is 13.6. The van der Waals surface area contributed by atoms with Gasteiger partial charge in [-0.05, 0) is 57.9 Å². The zero-order chi connectivity index (χ0) is 14.3. The van der Waals surface area contributed by atoms with Gasteiger partial charge in [0.15, 0.2) is 0 Å². The van der Waals surface area contributed by atoms with E-state index in [4.69, 9.17) is 5.26 Å². The van der Waals surface area contributed by atoms with E-state index in [1.54, 1.807) is 0 Å². The van der Waals surface area contributed by atoms with Gasteiger partial charge >= 0.3 is 0 Å². The van der Waals surface area contributed by atoms with Crippen LogP contribution < -0.4 is 10.2 Å². The highest BCUT2D eigenvalue weighted by atomic mass is 15.1. The highest BCUT2D eigenvalue weighted by Gasteiger charge is 2.19. The number of nitrogens with one attached hydrogen (secondary N) is 1. The van der Waals surface area contributed by atoms with Crippen LogP contribution >= 0.6 is 0 Å². The predicted octanol–water partition coefficient (Wildman–Crippen LogP) is 3.10. The van der Waals surface area contributed by atoms with Crippen LogP contribution in [0.1, 0.15) is 31.7 Å². The molecule has 0 saturated heterocycles. The first-order chi connectivity index (χ1) is 9.00. The molecule has 1 rings (SSSR count). The number of rotatable bonds is 7. The summed E-state index contributed by atoms with van der Waals surface area (Å²) < 4.78 is 0. The molecule has 104 valence electrons. The molecule has 0 saturated carbocycles. The minimum absolute atomic E-state index is 0.387. The van der Waals surface area contributed by atoms with Crippen LogP contribution in [0.4, 0.5) is 5.69 Å². The lowest BCUT2D eigenvalue weighted by atomic mass is 9.97. The number of nitrogens with zero attached hydrogens (tertiary/aromatic N) is 2. The van der Waals surface area contributed by atoms with Crippen LogP contribution in [0.25, 0.3) is 0 Å². The third-order valence-corrected chi connectivity index (χ3v) is 3.66. The summed E-state index contributed by atoms with van der Waals surface area (Å²) in [4.78, 5) is 2.27. The molecule has 0 radical (unpaired) electrons. The zero-order valence-electron chi connectivity index (χ0n) is 12.5. The average molecular weight is 259 g/mol. The van der Waals surface area contributed by atoms with Crippen molar-refractivity contribution >= 4 is 5.69 Å². The van der Waals surface area contributed by atoms with Gasteiger partial charge in [-0.1, -0.05) is 12.1 Å². The van der Waals surface area contributed by atoms with Crippen LogP contribution in [0.5, 0.6) is 0 Å². The molecule has 0 bridgehead atoms. The van der Waals surface area contributed by atoms with Gasteiger partial charge in [-0.3, -0.25) is 0 Å². The van der Waals surface area contributed by atoms with E-state index in [0.29, 0.717) is 0 Å². The lowest BCUT2D eigenvalue weighted by Gasteiger charge is -2.23. The van der Waals surface area contributed by atoms with Crippen LogP contribution in [-0.2, 0) is 0 Å². The molecule has 0 amide bonds. The van der Waals surface area contributed by atoms with Crippen molar-refractivity contribution in [3.63, 3.8) is 0 Å². The van der Waals surface area contributed by atoms with Gasteiger partial charge in [0.05, 0.1) is 6.07 Å². The molecule has 0 aliphatic rings. The topological polar surface area (TPSA) is 39.1 Å². The van der Waals surface area contributed by atoms with Crippen molar-refractivity contribution in [2.24, 2.45) is 0 Å². The Bertz CT molecular complexity index is 436. The molecule has 0 aromatic heterocycles. The van der Waals surface area contributed by atoms with Crippen LogP contribution in [-0.4, -0.2) is 26.2 Å². The largest absolute Gasteiger partial charge is 0.375 e. The summed E-state index contributed by atoms with van der Waals surface area (Å²) >= 11 is 0. The van der Waals surface area contributed by atoms with Crippen molar-refractivity contribution < 1.29 is 0 Å². The SMILES string of the molecule is CNC(C)(C#N)CCCCN(C)c1cccc(C)c1. The smallest absolute Gasteiger partial charge is 0.103 e. The molecular weight excluding hydrogens is 234 g/mol. The first kappa shape index (κ1) is 15.5. The lowest BCUT2D eigenvalue weighted by Crippen LogP contribution is -2.38. The molecule has 0 heterocycles. The second-order valence-electron chi connectivity index (χ2n) is 5.41. The molecule has 3 heteroatoms. The van der Waals surface area contributed by atoms with Gasteiger partial charge in [0.25, 0.3) is 0 Å². The Balaban J connectivity index is 2.36. The van der Waals surface area contributed by atoms with Crippen LogP contribution in [0, 0.1) is 18.3 Å². The molecule has 1 N–H and O–H groups in total. The highest BCUT2D eigenvalue weighted by molar-refractivity contribution is 5.47. The fraction of sp³-hybridized carbons (Fsp3) is 0.562. The highest BCUT2D eigenvalue weighted by Crippen LogP contribution is 2.16. The third kappa shape index (κ3) is 4.92. The summed E-state index contributed by atoms with van der Waals surface area (Å²) in [5.41, 5.74) is 2.16. The third-order valence-electron chi connectivity index (χ3n) is 3.66. The Labute approximate surface area is 117 Å². The first-order valence-corrected chi connectivity index (χ1v) is 6.89. The minimum atomic E-state index is -0.387. The second-order valence-corrected chi connectivity index (χ2v) is 5.41. The maximum Gasteiger partial charge on any atom is 0.103 e. The molecule has 0 aliphatic heterocycles. The Morgan fingerprint density at radius 3 is 2.68 bits per heavy atom. The van der Waals surface area contributed by atoms with Crippen molar-refractivity contribution in [1.29, 1.82) is 5.26 Å². The average Bonchev–Trinajstić information content (AvgIpc) is 2.43. The molecule has 1 atom stereocenters. The van der Waals surface area contributed by atoms with Crippen molar-refractivity contribution in [2.45, 2.75) is 38.6 Å². The monoisotopic (exact) mass is 259 g/mol. The van der Waals surface area contributed by atoms with Gasteiger partial charge in [0, 0.05) is 19.3 Å². The Morgan fingerprint density at radius 2 is 2.11 bits per heavy atom. The molecule has 19 heavy (non-hydrogen) atoms. The molecule has 1 unspecified atom stereocenters. The zero-order valence-corrected chi connectivity index (χ0v) is 12.5. The van der Waals surface area contributed by atoms with E-state index in [9.17, 15) is 0 Å². The van der Waals surface area contributed by atoms with Crippen molar-refractivity contribution in [2.75, 3.05) is 25.5 Å². The van der Waals surface area contributed by atoms with Crippen molar-refractivity contribution in [3.05, 3.63) is 29.8 Å². The van der Waals surface area contributed by atoms with Gasteiger partial charge in [0.1, 0.15) is 5.54 Å². The number of aryl methyl sites for hydroxylation is 1. The summed E-state index contributed by atoms with van der Waals surface area (Å²) in [6.07, 6.45) is 3.05. The summed E-state index contributed by atoms with van der Waals surface area (Å²) in [6, 6.07) is 10.9. The molecule has 3 nitrogen and oxygen atoms in total. The van der Waals surface area contributed by atoms with Crippen LogP contribution in [0.3, 0.4) is 0 Å². The molecule has 0 aliphatic carbocycles. The van der Waals surface area contributed by atoms with E-state index in [-0.39, 0.29) is 5.54 Å². The van der Waals surface area contributed by atoms with E-state index in [0.717, 1.165) is 25.8 Å². The van der Waals surface area contributed by atoms with E-state index in [1.165, 1.54) is 11.3 Å². The van der Waals surface area contributed by atoms with Gasteiger partial charge < -0.3 is 10.2 Å². The maximum atomic E-state index is 9.08. The van der Waals surface area contributed by atoms with Crippen molar-refractivity contribution in [3.8, 4) is 6.07 Å². The summed E-state index contributed by atoms with van der Waals surface area (Å²) in [7, 11) is 3.97. The number of nitriles is 1. The van der Waals surface area contributed by atoms with Crippen molar-refractivity contribution in [1.82, 2.24) is 5.32 Å². The molecule has 1 aromatic rings. The fourth-order valence-corrected chi connectivity index (χ4v) is 2.06. The maximum absolute atomic E-state index is 9.08. The molecular formula is C16H25N3. The first-order valence-electron chi connectivity index (χ1n) is 6.89.